The lowest BCUT2D eigenvalue weighted by molar-refractivity contribution is -0.140. The van der Waals surface area contributed by atoms with Gasteiger partial charge in [-0.05, 0) is 17.7 Å². The number of hydrogen-bond donors (Lipinski definition) is 2. The molecule has 1 aromatic rings. The number of carbonyl (C=O) groups is 1. The Morgan fingerprint density at radius 1 is 1.33 bits per heavy atom. The van der Waals surface area contributed by atoms with Crippen LogP contribution < -0.4 is 11.1 Å². The summed E-state index contributed by atoms with van der Waals surface area (Å²) < 4.78 is 50.6. The van der Waals surface area contributed by atoms with Crippen LogP contribution in [0.3, 0.4) is 0 Å². The second kappa shape index (κ2) is 3.97. The lowest BCUT2D eigenvalue weighted by atomic mass is 10.0. The minimum atomic E-state index is -4.81. The molecule has 0 saturated carbocycles. The van der Waals surface area contributed by atoms with Crippen molar-refractivity contribution in [2.45, 2.75) is 12.2 Å². The molecule has 1 unspecified atom stereocenters. The van der Waals surface area contributed by atoms with Crippen LogP contribution in [0.5, 0.6) is 0 Å². The predicted molar refractivity (Wildman–Crippen MR) is 54.3 cm³/mol. The standard InChI is InChI=1S/C10H7F4N3O/c11-6-2-1-4(3-5(6)10(12,13)14)7-8(15)17-9(18)16-7/h1-3,7H,(H3,15,16,17,18). The van der Waals surface area contributed by atoms with Gasteiger partial charge in [0.2, 0.25) is 0 Å². The van der Waals surface area contributed by atoms with E-state index in [-0.39, 0.29) is 11.4 Å². The number of halogens is 4. The molecule has 0 bridgehead atoms. The van der Waals surface area contributed by atoms with E-state index in [0.717, 1.165) is 6.07 Å². The van der Waals surface area contributed by atoms with Crippen molar-refractivity contribution in [3.63, 3.8) is 0 Å². The van der Waals surface area contributed by atoms with Crippen molar-refractivity contribution in [3.05, 3.63) is 35.1 Å². The maximum absolute atomic E-state index is 13.1. The van der Waals surface area contributed by atoms with E-state index >= 15 is 0 Å². The number of nitrogens with zero attached hydrogens (tertiary/aromatic N) is 1. The summed E-state index contributed by atoms with van der Waals surface area (Å²) >= 11 is 0. The van der Waals surface area contributed by atoms with Crippen molar-refractivity contribution in [2.24, 2.45) is 10.7 Å². The van der Waals surface area contributed by atoms with E-state index in [1.54, 1.807) is 0 Å². The Balaban J connectivity index is 2.43. The van der Waals surface area contributed by atoms with E-state index in [9.17, 15) is 22.4 Å². The van der Waals surface area contributed by atoms with Crippen LogP contribution in [0.1, 0.15) is 17.2 Å². The molecule has 2 amide bonds. The Kier molecular flexibility index (Phi) is 2.72. The van der Waals surface area contributed by atoms with E-state index in [1.807, 2.05) is 0 Å². The average molecular weight is 261 g/mol. The highest BCUT2D eigenvalue weighted by atomic mass is 19.4. The van der Waals surface area contributed by atoms with Gasteiger partial charge in [0.15, 0.2) is 0 Å². The first-order chi connectivity index (χ1) is 8.29. The smallest absolute Gasteiger partial charge is 0.385 e. The van der Waals surface area contributed by atoms with Gasteiger partial charge in [-0.2, -0.15) is 18.2 Å². The first kappa shape index (κ1) is 12.3. The molecule has 96 valence electrons. The molecule has 0 aliphatic carbocycles. The molecular weight excluding hydrogens is 254 g/mol. The molecule has 0 spiro atoms. The molecule has 1 aliphatic rings. The zero-order chi connectivity index (χ0) is 13.5. The number of amidine groups is 1. The maximum Gasteiger partial charge on any atom is 0.419 e. The van der Waals surface area contributed by atoms with E-state index in [2.05, 4.69) is 10.3 Å². The summed E-state index contributed by atoms with van der Waals surface area (Å²) in [5.74, 6) is -1.54. The number of aliphatic imine (C=N–C) groups is 1. The number of rotatable bonds is 1. The van der Waals surface area contributed by atoms with Gasteiger partial charge in [-0.1, -0.05) is 6.07 Å². The first-order valence-electron chi connectivity index (χ1n) is 4.80. The van der Waals surface area contributed by atoms with Crippen LogP contribution in [0.4, 0.5) is 22.4 Å². The molecule has 0 fully saturated rings. The monoisotopic (exact) mass is 261 g/mol. The van der Waals surface area contributed by atoms with Crippen LogP contribution >= 0.6 is 0 Å². The first-order valence-corrected chi connectivity index (χ1v) is 4.80. The van der Waals surface area contributed by atoms with Gasteiger partial charge >= 0.3 is 12.2 Å². The van der Waals surface area contributed by atoms with Crippen LogP contribution in [0.2, 0.25) is 0 Å². The second-order valence-corrected chi connectivity index (χ2v) is 3.66. The van der Waals surface area contributed by atoms with Crippen molar-refractivity contribution in [3.8, 4) is 0 Å². The minimum absolute atomic E-state index is 0.0239. The molecule has 4 nitrogen and oxygen atoms in total. The van der Waals surface area contributed by atoms with E-state index in [1.165, 1.54) is 0 Å². The fourth-order valence-electron chi connectivity index (χ4n) is 1.61. The van der Waals surface area contributed by atoms with Crippen LogP contribution in [0, 0.1) is 5.82 Å². The summed E-state index contributed by atoms with van der Waals surface area (Å²) in [6.07, 6.45) is -4.81. The molecule has 1 heterocycles. The number of urea groups is 1. The quantitative estimate of drug-likeness (QED) is 0.759. The fraction of sp³-hybridized carbons (Fsp3) is 0.200. The van der Waals surface area contributed by atoms with Gasteiger partial charge in [-0.15, -0.1) is 0 Å². The van der Waals surface area contributed by atoms with Gasteiger partial charge in [-0.3, -0.25) is 0 Å². The Morgan fingerprint density at radius 3 is 2.50 bits per heavy atom. The summed E-state index contributed by atoms with van der Waals surface area (Å²) in [5.41, 5.74) is 4.01. The number of hydrogen-bond acceptors (Lipinski definition) is 2. The molecule has 2 rings (SSSR count). The molecule has 1 aromatic carbocycles. The zero-order valence-corrected chi connectivity index (χ0v) is 8.75. The lowest BCUT2D eigenvalue weighted by Crippen LogP contribution is -2.28. The van der Waals surface area contributed by atoms with E-state index in [0.29, 0.717) is 12.1 Å². The molecule has 0 radical (unpaired) electrons. The van der Waals surface area contributed by atoms with Crippen molar-refractivity contribution in [1.82, 2.24) is 5.32 Å². The summed E-state index contributed by atoms with van der Waals surface area (Å²) in [6, 6.07) is 0.696. The fourth-order valence-corrected chi connectivity index (χ4v) is 1.61. The van der Waals surface area contributed by atoms with Gasteiger partial charge in [0.1, 0.15) is 17.7 Å². The molecule has 1 atom stereocenters. The summed E-state index contributed by atoms with van der Waals surface area (Å²) in [7, 11) is 0. The molecule has 3 N–H and O–H groups in total. The highest BCUT2D eigenvalue weighted by molar-refractivity contribution is 6.03. The maximum atomic E-state index is 13.1. The molecule has 8 heteroatoms. The average Bonchev–Trinajstić information content (AvgIpc) is 2.57. The Bertz CT molecular complexity index is 538. The molecule has 18 heavy (non-hydrogen) atoms. The number of benzene rings is 1. The predicted octanol–water partition coefficient (Wildman–Crippen LogP) is 1.97. The van der Waals surface area contributed by atoms with Gasteiger partial charge in [0.05, 0.1) is 5.56 Å². The lowest BCUT2D eigenvalue weighted by Gasteiger charge is -2.14. The molecule has 0 saturated heterocycles. The topological polar surface area (TPSA) is 67.5 Å². The zero-order valence-electron chi connectivity index (χ0n) is 8.75. The van der Waals surface area contributed by atoms with Gasteiger partial charge in [-0.25, -0.2) is 9.18 Å². The Morgan fingerprint density at radius 2 is 2.00 bits per heavy atom. The second-order valence-electron chi connectivity index (χ2n) is 3.66. The normalized spacial score (nSPS) is 19.7. The highest BCUT2D eigenvalue weighted by Gasteiger charge is 2.35. The highest BCUT2D eigenvalue weighted by Crippen LogP contribution is 2.33. The number of amides is 2. The third-order valence-corrected chi connectivity index (χ3v) is 2.42. The van der Waals surface area contributed by atoms with Crippen molar-refractivity contribution in [2.75, 3.05) is 0 Å². The number of nitrogens with two attached hydrogens (primary N) is 1. The minimum Gasteiger partial charge on any atom is -0.385 e. The number of carbonyl (C=O) groups excluding carboxylic acids is 1. The van der Waals surface area contributed by atoms with Crippen LogP contribution in [0.25, 0.3) is 0 Å². The third-order valence-electron chi connectivity index (χ3n) is 2.42. The Labute approximate surface area is 98.5 Å². The summed E-state index contributed by atoms with van der Waals surface area (Å²) in [6.45, 7) is 0. The largest absolute Gasteiger partial charge is 0.419 e. The molecule has 0 aromatic heterocycles. The van der Waals surface area contributed by atoms with Crippen molar-refractivity contribution < 1.29 is 22.4 Å². The molecular formula is C10H7F4N3O. The van der Waals surface area contributed by atoms with Gasteiger partial charge < -0.3 is 11.1 Å². The van der Waals surface area contributed by atoms with Gasteiger partial charge in [0.25, 0.3) is 0 Å². The van der Waals surface area contributed by atoms with Crippen molar-refractivity contribution >= 4 is 11.9 Å². The Hall–Kier alpha value is -2.12. The van der Waals surface area contributed by atoms with E-state index < -0.39 is 29.6 Å². The third kappa shape index (κ3) is 2.13. The SMILES string of the molecule is NC1=NC(=O)NC1c1ccc(F)c(C(F)(F)F)c1. The van der Waals surface area contributed by atoms with Crippen LogP contribution in [-0.4, -0.2) is 11.9 Å². The summed E-state index contributed by atoms with van der Waals surface area (Å²) in [4.78, 5) is 14.2. The van der Waals surface area contributed by atoms with Gasteiger partial charge in [0, 0.05) is 0 Å². The number of alkyl halides is 3. The number of nitrogens with one attached hydrogen (secondary N) is 1. The van der Waals surface area contributed by atoms with E-state index in [4.69, 9.17) is 5.73 Å². The van der Waals surface area contributed by atoms with Crippen molar-refractivity contribution in [1.29, 1.82) is 0 Å². The van der Waals surface area contributed by atoms with Crippen LogP contribution in [0.15, 0.2) is 23.2 Å². The molecule has 1 aliphatic heterocycles. The van der Waals surface area contributed by atoms with Crippen LogP contribution in [-0.2, 0) is 6.18 Å². The summed E-state index contributed by atoms with van der Waals surface area (Å²) in [5, 5.41) is 2.26.